The van der Waals surface area contributed by atoms with Crippen LogP contribution in [0.25, 0.3) is 0 Å². The Morgan fingerprint density at radius 2 is 1.89 bits per heavy atom. The van der Waals surface area contributed by atoms with Gasteiger partial charge in [0.15, 0.2) is 11.6 Å². The lowest BCUT2D eigenvalue weighted by atomic mass is 10.1. The third-order valence-corrected chi connectivity index (χ3v) is 3.19. The van der Waals surface area contributed by atoms with E-state index in [0.717, 1.165) is 10.0 Å². The van der Waals surface area contributed by atoms with Gasteiger partial charge in [0, 0.05) is 6.04 Å². The molecule has 4 heteroatoms. The molecule has 0 spiro atoms. The lowest BCUT2D eigenvalue weighted by Crippen LogP contribution is -2.05. The Morgan fingerprint density at radius 1 is 1.17 bits per heavy atom. The second-order valence-electron chi connectivity index (χ2n) is 4.01. The summed E-state index contributed by atoms with van der Waals surface area (Å²) in [5, 5.41) is 0. The average Bonchev–Trinajstić information content (AvgIpc) is 2.34. The minimum Gasteiger partial charge on any atom is -0.453 e. The largest absolute Gasteiger partial charge is 0.453 e. The quantitative estimate of drug-likeness (QED) is 0.912. The fourth-order valence-electron chi connectivity index (χ4n) is 1.53. The molecule has 0 unspecified atom stereocenters. The van der Waals surface area contributed by atoms with Crippen molar-refractivity contribution in [3.8, 4) is 11.5 Å². The van der Waals surface area contributed by atoms with Crippen LogP contribution in [-0.2, 0) is 0 Å². The van der Waals surface area contributed by atoms with E-state index in [1.807, 2.05) is 25.1 Å². The summed E-state index contributed by atoms with van der Waals surface area (Å²) in [5.41, 5.74) is 6.44. The molecule has 0 aliphatic rings. The minimum atomic E-state index is -0.416. The molecule has 2 aromatic carbocycles. The van der Waals surface area contributed by atoms with Crippen molar-refractivity contribution in [2.24, 2.45) is 5.73 Å². The van der Waals surface area contributed by atoms with Crippen molar-refractivity contribution in [3.05, 3.63) is 58.3 Å². The van der Waals surface area contributed by atoms with E-state index < -0.39 is 5.82 Å². The van der Waals surface area contributed by atoms with Crippen molar-refractivity contribution < 1.29 is 9.13 Å². The van der Waals surface area contributed by atoms with Crippen LogP contribution in [0, 0.1) is 5.82 Å². The van der Waals surface area contributed by atoms with Crippen LogP contribution in [-0.4, -0.2) is 0 Å². The summed E-state index contributed by atoms with van der Waals surface area (Å²) < 4.78 is 20.1. The molecule has 94 valence electrons. The molecule has 2 nitrogen and oxygen atoms in total. The van der Waals surface area contributed by atoms with Gasteiger partial charge in [-0.2, -0.15) is 0 Å². The first kappa shape index (κ1) is 13.1. The normalized spacial score (nSPS) is 12.2. The van der Waals surface area contributed by atoms with Crippen LogP contribution < -0.4 is 10.5 Å². The molecule has 2 rings (SSSR count). The number of halogens is 2. The topological polar surface area (TPSA) is 35.2 Å². The molecule has 18 heavy (non-hydrogen) atoms. The average molecular weight is 310 g/mol. The third kappa shape index (κ3) is 2.89. The summed E-state index contributed by atoms with van der Waals surface area (Å²) in [6.07, 6.45) is 0. The molecule has 0 fully saturated rings. The zero-order valence-electron chi connectivity index (χ0n) is 9.86. The van der Waals surface area contributed by atoms with Crippen molar-refractivity contribution >= 4 is 15.9 Å². The lowest BCUT2D eigenvalue weighted by molar-refractivity contribution is 0.439. The van der Waals surface area contributed by atoms with Crippen molar-refractivity contribution in [2.45, 2.75) is 13.0 Å². The molecule has 0 saturated carbocycles. The van der Waals surface area contributed by atoms with Gasteiger partial charge in [0.05, 0.1) is 4.47 Å². The SMILES string of the molecule is C[C@H](N)c1ccc(Oc2ccccc2Br)c(F)c1. The Hall–Kier alpha value is -1.39. The minimum absolute atomic E-state index is 0.186. The van der Waals surface area contributed by atoms with Gasteiger partial charge >= 0.3 is 0 Å². The highest BCUT2D eigenvalue weighted by Crippen LogP contribution is 2.31. The van der Waals surface area contributed by atoms with E-state index in [1.165, 1.54) is 6.07 Å². The molecule has 2 N–H and O–H groups in total. The molecule has 0 aliphatic heterocycles. The third-order valence-electron chi connectivity index (χ3n) is 2.54. The number of nitrogens with two attached hydrogens (primary N) is 1. The molecule has 2 aromatic rings. The molecule has 0 radical (unpaired) electrons. The number of rotatable bonds is 3. The molecule has 0 saturated heterocycles. The van der Waals surface area contributed by atoms with Crippen LogP contribution in [0.1, 0.15) is 18.5 Å². The van der Waals surface area contributed by atoms with E-state index in [1.54, 1.807) is 18.2 Å². The Balaban J connectivity index is 2.28. The number of hydrogen-bond acceptors (Lipinski definition) is 2. The summed E-state index contributed by atoms with van der Waals surface area (Å²) in [5.74, 6) is 0.344. The second-order valence-corrected chi connectivity index (χ2v) is 4.87. The first-order valence-electron chi connectivity index (χ1n) is 5.55. The molecule has 0 aliphatic carbocycles. The first-order chi connectivity index (χ1) is 8.58. The lowest BCUT2D eigenvalue weighted by Gasteiger charge is -2.11. The first-order valence-corrected chi connectivity index (χ1v) is 6.34. The summed E-state index contributed by atoms with van der Waals surface area (Å²) >= 11 is 3.35. The maximum absolute atomic E-state index is 13.8. The van der Waals surface area contributed by atoms with E-state index >= 15 is 0 Å². The van der Waals surface area contributed by atoms with Gasteiger partial charge in [0.1, 0.15) is 5.75 Å². The highest BCUT2D eigenvalue weighted by molar-refractivity contribution is 9.10. The van der Waals surface area contributed by atoms with Crippen molar-refractivity contribution in [1.29, 1.82) is 0 Å². The molecule has 0 bridgehead atoms. The van der Waals surface area contributed by atoms with Crippen molar-refractivity contribution in [2.75, 3.05) is 0 Å². The van der Waals surface area contributed by atoms with Gasteiger partial charge in [-0.25, -0.2) is 4.39 Å². The van der Waals surface area contributed by atoms with Gasteiger partial charge in [0.2, 0.25) is 0 Å². The summed E-state index contributed by atoms with van der Waals surface area (Å²) in [6.45, 7) is 1.81. The molecule has 0 amide bonds. The maximum atomic E-state index is 13.8. The summed E-state index contributed by atoms with van der Waals surface area (Å²) in [4.78, 5) is 0. The van der Waals surface area contributed by atoms with Gasteiger partial charge in [-0.15, -0.1) is 0 Å². The van der Waals surface area contributed by atoms with Gasteiger partial charge < -0.3 is 10.5 Å². The molecule has 0 aromatic heterocycles. The summed E-state index contributed by atoms with van der Waals surface area (Å²) in [6, 6.07) is 11.9. The Kier molecular flexibility index (Phi) is 3.99. The maximum Gasteiger partial charge on any atom is 0.166 e. The van der Waals surface area contributed by atoms with Gasteiger partial charge in [-0.1, -0.05) is 18.2 Å². The highest BCUT2D eigenvalue weighted by atomic mass is 79.9. The molecular formula is C14H13BrFNO. The Bertz CT molecular complexity index is 557. The zero-order chi connectivity index (χ0) is 13.1. The predicted molar refractivity (Wildman–Crippen MR) is 73.2 cm³/mol. The van der Waals surface area contributed by atoms with Crippen molar-refractivity contribution in [1.82, 2.24) is 0 Å². The number of para-hydroxylation sites is 1. The molecular weight excluding hydrogens is 297 g/mol. The standard InChI is InChI=1S/C14H13BrFNO/c1-9(17)10-6-7-14(12(16)8-10)18-13-5-3-2-4-11(13)15/h2-9H,17H2,1H3/t9-/m0/s1. The number of ether oxygens (including phenoxy) is 1. The molecule has 0 heterocycles. The van der Waals surface area contributed by atoms with Gasteiger partial charge in [0.25, 0.3) is 0 Å². The number of hydrogen-bond donors (Lipinski definition) is 1. The van der Waals surface area contributed by atoms with Gasteiger partial charge in [-0.3, -0.25) is 0 Å². The monoisotopic (exact) mass is 309 g/mol. The van der Waals surface area contributed by atoms with E-state index in [9.17, 15) is 4.39 Å². The zero-order valence-corrected chi connectivity index (χ0v) is 11.4. The Labute approximate surface area is 114 Å². The van der Waals surface area contributed by atoms with Crippen molar-refractivity contribution in [3.63, 3.8) is 0 Å². The van der Waals surface area contributed by atoms with Crippen LogP contribution in [0.3, 0.4) is 0 Å². The smallest absolute Gasteiger partial charge is 0.166 e. The van der Waals surface area contributed by atoms with Crippen LogP contribution >= 0.6 is 15.9 Å². The molecule has 1 atom stereocenters. The van der Waals surface area contributed by atoms with Crippen LogP contribution in [0.4, 0.5) is 4.39 Å². The fourth-order valence-corrected chi connectivity index (χ4v) is 1.89. The van der Waals surface area contributed by atoms with Crippen LogP contribution in [0.2, 0.25) is 0 Å². The van der Waals surface area contributed by atoms with Gasteiger partial charge in [-0.05, 0) is 52.7 Å². The summed E-state index contributed by atoms with van der Waals surface area (Å²) in [7, 11) is 0. The fraction of sp³-hybridized carbons (Fsp3) is 0.143. The predicted octanol–water partition coefficient (Wildman–Crippen LogP) is 4.40. The van der Waals surface area contributed by atoms with E-state index in [2.05, 4.69) is 15.9 Å². The van der Waals surface area contributed by atoms with Crippen LogP contribution in [0.5, 0.6) is 11.5 Å². The highest BCUT2D eigenvalue weighted by Gasteiger charge is 2.09. The van der Waals surface area contributed by atoms with E-state index in [0.29, 0.717) is 5.75 Å². The van der Waals surface area contributed by atoms with E-state index in [4.69, 9.17) is 10.5 Å². The number of benzene rings is 2. The second kappa shape index (κ2) is 5.50. The Morgan fingerprint density at radius 3 is 2.50 bits per heavy atom. The van der Waals surface area contributed by atoms with Crippen LogP contribution in [0.15, 0.2) is 46.9 Å². The van der Waals surface area contributed by atoms with E-state index in [-0.39, 0.29) is 11.8 Å².